The number of rotatable bonds is 8. The largest absolute Gasteiger partial charge is 0.508 e. The molecule has 1 aliphatic rings. The van der Waals surface area contributed by atoms with E-state index >= 15 is 0 Å². The van der Waals surface area contributed by atoms with Gasteiger partial charge in [-0.2, -0.15) is 0 Å². The van der Waals surface area contributed by atoms with E-state index in [4.69, 9.17) is 9.47 Å². The van der Waals surface area contributed by atoms with Crippen molar-refractivity contribution in [3.63, 3.8) is 0 Å². The molecule has 1 amide bonds. The van der Waals surface area contributed by atoms with Gasteiger partial charge in [-0.05, 0) is 18.2 Å². The summed E-state index contributed by atoms with van der Waals surface area (Å²) in [6.45, 7) is 1.10. The Hall–Kier alpha value is -5.38. The molecule has 0 fully saturated rings. The number of amides is 1. The molecule has 3 atom stereocenters. The number of nitrogens with one attached hydrogen (secondary N) is 1. The molecule has 228 valence electrons. The van der Waals surface area contributed by atoms with Gasteiger partial charge in [0, 0.05) is 42.4 Å². The number of carboxylic acid groups (broad SMARTS) is 1. The van der Waals surface area contributed by atoms with Crippen molar-refractivity contribution in [2.75, 3.05) is 5.75 Å². The molecule has 1 aliphatic heterocycles. The van der Waals surface area contributed by atoms with Gasteiger partial charge in [-0.15, -0.1) is 11.8 Å². The van der Waals surface area contributed by atoms with Crippen LogP contribution in [0.1, 0.15) is 34.5 Å². The summed E-state index contributed by atoms with van der Waals surface area (Å²) < 4.78 is 11.6. The Kier molecular flexibility index (Phi) is 8.43. The molecule has 0 aromatic heterocycles. The lowest BCUT2D eigenvalue weighted by Gasteiger charge is -2.35. The SMILES string of the molecule is CC(=O)NC(CSc1c([C@@H]2Oc3cc(O)cc(O)c3C[C@H]2OC(=O)c2cc(O)c(O)c(O)c2)cc(O)c(O)c1O)C(=O)O. The number of phenols is 8. The molecule has 0 spiro atoms. The number of carboxylic acids is 1. The van der Waals surface area contributed by atoms with Crippen LogP contribution in [0.5, 0.6) is 51.7 Å². The van der Waals surface area contributed by atoms with E-state index in [0.717, 1.165) is 37.3 Å². The van der Waals surface area contributed by atoms with Crippen LogP contribution in [0.25, 0.3) is 0 Å². The van der Waals surface area contributed by atoms with Crippen LogP contribution >= 0.6 is 11.8 Å². The molecule has 3 aromatic rings. The van der Waals surface area contributed by atoms with Gasteiger partial charge in [0.05, 0.1) is 10.5 Å². The highest BCUT2D eigenvalue weighted by molar-refractivity contribution is 7.99. The van der Waals surface area contributed by atoms with Gasteiger partial charge >= 0.3 is 11.9 Å². The van der Waals surface area contributed by atoms with Crippen molar-refractivity contribution in [1.29, 1.82) is 0 Å². The summed E-state index contributed by atoms with van der Waals surface area (Å²) in [5.41, 5.74) is -0.452. The van der Waals surface area contributed by atoms with Crippen LogP contribution in [0.4, 0.5) is 0 Å². The van der Waals surface area contributed by atoms with Gasteiger partial charge in [0.15, 0.2) is 34.9 Å². The standard InChI is InChI=1S/C27H25NO14S/c1-9(29)28-14(26(38)39)8-43-25-13(6-18(34)22(36)23(25)37)24-20(7-12-15(31)4-11(30)5-19(12)41-24)42-27(40)10-2-16(32)21(35)17(33)3-10/h2-6,14,20,24,30-37H,7-8H2,1H3,(H,28,29)(H,38,39)/t14?,20-,24+/m1/s1. The van der Waals surface area contributed by atoms with Crippen molar-refractivity contribution >= 4 is 29.6 Å². The topological polar surface area (TPSA) is 264 Å². The fourth-order valence-electron chi connectivity index (χ4n) is 4.34. The summed E-state index contributed by atoms with van der Waals surface area (Å²) in [5, 5.41) is 92.8. The molecule has 43 heavy (non-hydrogen) atoms. The van der Waals surface area contributed by atoms with Gasteiger partial charge < -0.3 is 60.7 Å². The summed E-state index contributed by atoms with van der Waals surface area (Å²) in [4.78, 5) is 36.0. The molecule has 0 saturated carbocycles. The summed E-state index contributed by atoms with van der Waals surface area (Å²) in [5.74, 6) is -9.75. The molecule has 1 heterocycles. The number of fused-ring (bicyclic) bond motifs is 1. The lowest BCUT2D eigenvalue weighted by molar-refractivity contribution is -0.140. The fourth-order valence-corrected chi connectivity index (χ4v) is 5.47. The third-order valence-electron chi connectivity index (χ3n) is 6.34. The van der Waals surface area contributed by atoms with E-state index < -0.39 is 87.7 Å². The lowest BCUT2D eigenvalue weighted by Crippen LogP contribution is -2.41. The molecule has 1 unspecified atom stereocenters. The van der Waals surface area contributed by atoms with Crippen LogP contribution in [-0.4, -0.2) is 81.7 Å². The fraction of sp³-hybridized carbons (Fsp3) is 0.222. The van der Waals surface area contributed by atoms with Crippen molar-refractivity contribution in [3.05, 3.63) is 47.0 Å². The molecule has 4 rings (SSSR count). The number of hydrogen-bond acceptors (Lipinski definition) is 14. The number of benzene rings is 3. The quantitative estimate of drug-likeness (QED) is 0.0980. The second-order valence-electron chi connectivity index (χ2n) is 9.40. The minimum absolute atomic E-state index is 0.0839. The van der Waals surface area contributed by atoms with Gasteiger partial charge in [0.2, 0.25) is 11.7 Å². The minimum Gasteiger partial charge on any atom is -0.508 e. The minimum atomic E-state index is -1.46. The molecule has 0 saturated heterocycles. The first-order chi connectivity index (χ1) is 20.2. The zero-order valence-electron chi connectivity index (χ0n) is 22.0. The second kappa shape index (κ2) is 11.8. The number of thioether (sulfide) groups is 1. The van der Waals surface area contributed by atoms with E-state index in [1.807, 2.05) is 0 Å². The number of esters is 1. The highest BCUT2D eigenvalue weighted by Crippen LogP contribution is 2.51. The Morgan fingerprint density at radius 1 is 0.907 bits per heavy atom. The van der Waals surface area contributed by atoms with Crippen LogP contribution in [0.2, 0.25) is 0 Å². The number of phenolic OH excluding ortho intramolecular Hbond substituents is 8. The summed E-state index contributed by atoms with van der Waals surface area (Å²) >= 11 is 0.649. The van der Waals surface area contributed by atoms with Crippen LogP contribution in [0, 0.1) is 0 Å². The molecular weight excluding hydrogens is 594 g/mol. The van der Waals surface area contributed by atoms with E-state index in [0.29, 0.717) is 11.8 Å². The van der Waals surface area contributed by atoms with E-state index in [-0.39, 0.29) is 33.9 Å². The van der Waals surface area contributed by atoms with Crippen LogP contribution in [0.3, 0.4) is 0 Å². The maximum Gasteiger partial charge on any atom is 0.338 e. The van der Waals surface area contributed by atoms with Crippen LogP contribution in [0.15, 0.2) is 35.2 Å². The molecule has 10 N–H and O–H groups in total. The Morgan fingerprint density at radius 3 is 2.14 bits per heavy atom. The van der Waals surface area contributed by atoms with Crippen molar-refractivity contribution in [2.24, 2.45) is 0 Å². The van der Waals surface area contributed by atoms with Gasteiger partial charge in [0.1, 0.15) is 29.4 Å². The number of carbonyl (C=O) groups excluding carboxylic acids is 2. The average Bonchev–Trinajstić information content (AvgIpc) is 2.92. The van der Waals surface area contributed by atoms with E-state index in [9.17, 15) is 60.3 Å². The lowest BCUT2D eigenvalue weighted by atomic mass is 9.93. The van der Waals surface area contributed by atoms with Crippen LogP contribution in [-0.2, 0) is 20.7 Å². The Balaban J connectivity index is 1.80. The smallest absolute Gasteiger partial charge is 0.338 e. The van der Waals surface area contributed by atoms with Gasteiger partial charge in [0.25, 0.3) is 0 Å². The molecule has 0 radical (unpaired) electrons. The van der Waals surface area contributed by atoms with Crippen molar-refractivity contribution in [3.8, 4) is 51.7 Å². The maximum absolute atomic E-state index is 13.1. The number of aromatic hydroxyl groups is 8. The normalized spacial score (nSPS) is 16.4. The molecule has 15 nitrogen and oxygen atoms in total. The van der Waals surface area contributed by atoms with Gasteiger partial charge in [-0.1, -0.05) is 0 Å². The molecule has 0 bridgehead atoms. The van der Waals surface area contributed by atoms with E-state index in [2.05, 4.69) is 5.32 Å². The second-order valence-corrected chi connectivity index (χ2v) is 10.4. The zero-order chi connectivity index (χ0) is 31.7. The van der Waals surface area contributed by atoms with Gasteiger partial charge in [-0.3, -0.25) is 4.79 Å². The highest BCUT2D eigenvalue weighted by Gasteiger charge is 2.39. The number of ether oxygens (including phenoxy) is 2. The monoisotopic (exact) mass is 619 g/mol. The Bertz CT molecular complexity index is 1600. The average molecular weight is 620 g/mol. The predicted octanol–water partition coefficient (Wildman–Crippen LogP) is 1.91. The zero-order valence-corrected chi connectivity index (χ0v) is 22.8. The Morgan fingerprint density at radius 2 is 1.53 bits per heavy atom. The first-order valence-electron chi connectivity index (χ1n) is 12.3. The molecule has 3 aromatic carbocycles. The first kappa shape index (κ1) is 30.6. The third kappa shape index (κ3) is 6.28. The summed E-state index contributed by atoms with van der Waals surface area (Å²) in [7, 11) is 0. The summed E-state index contributed by atoms with van der Waals surface area (Å²) in [6.07, 6.45) is -3.15. The number of hydrogen-bond donors (Lipinski definition) is 10. The number of aliphatic carboxylic acids is 1. The molecule has 16 heteroatoms. The van der Waals surface area contributed by atoms with Crippen molar-refractivity contribution < 1.29 is 69.8 Å². The summed E-state index contributed by atoms with van der Waals surface area (Å²) in [6, 6.07) is 3.28. The molecular formula is C27H25NO14S. The third-order valence-corrected chi connectivity index (χ3v) is 7.56. The number of carbonyl (C=O) groups is 3. The maximum atomic E-state index is 13.1. The van der Waals surface area contributed by atoms with Crippen LogP contribution < -0.4 is 10.1 Å². The predicted molar refractivity (Wildman–Crippen MR) is 145 cm³/mol. The Labute approximate surface area is 245 Å². The molecule has 0 aliphatic carbocycles. The van der Waals surface area contributed by atoms with Crippen molar-refractivity contribution in [1.82, 2.24) is 5.32 Å². The van der Waals surface area contributed by atoms with E-state index in [1.165, 1.54) is 0 Å². The van der Waals surface area contributed by atoms with E-state index in [1.54, 1.807) is 0 Å². The first-order valence-corrected chi connectivity index (χ1v) is 13.2. The highest BCUT2D eigenvalue weighted by atomic mass is 32.2. The van der Waals surface area contributed by atoms with Crippen molar-refractivity contribution in [2.45, 2.75) is 36.5 Å². The van der Waals surface area contributed by atoms with Gasteiger partial charge in [-0.25, -0.2) is 9.59 Å².